The summed E-state index contributed by atoms with van der Waals surface area (Å²) in [5.41, 5.74) is 6.46. The third-order valence-electron chi connectivity index (χ3n) is 4.46. The van der Waals surface area contributed by atoms with Crippen LogP contribution in [0.2, 0.25) is 0 Å². The summed E-state index contributed by atoms with van der Waals surface area (Å²) < 4.78 is 0. The van der Waals surface area contributed by atoms with Crippen molar-refractivity contribution < 1.29 is 9.90 Å². The van der Waals surface area contributed by atoms with E-state index in [1.165, 1.54) is 0 Å². The molecule has 1 fully saturated rings. The van der Waals surface area contributed by atoms with Crippen molar-refractivity contribution in [2.45, 2.75) is 44.6 Å². The molecule has 1 saturated carbocycles. The fraction of sp³-hybridized carbons (Fsp3) is 0.588. The monoisotopic (exact) mass is 290 g/mol. The molecule has 0 saturated heterocycles. The standard InChI is InChI=1S/C17H26N2O2/c1-13-6-9-17(21,10-7-13)12-19-16(20)15-5-3-2-4-14(15)8-11-18/h2-5,13,21H,6-12,18H2,1H3,(H,19,20). The van der Waals surface area contributed by atoms with Gasteiger partial charge in [0.05, 0.1) is 5.60 Å². The maximum atomic E-state index is 12.3. The molecule has 0 spiro atoms. The predicted octanol–water partition coefficient (Wildman–Crippen LogP) is 1.86. The van der Waals surface area contributed by atoms with Crippen molar-refractivity contribution in [3.05, 3.63) is 35.4 Å². The summed E-state index contributed by atoms with van der Waals surface area (Å²) in [6.07, 6.45) is 4.26. The maximum Gasteiger partial charge on any atom is 0.251 e. The first kappa shape index (κ1) is 16.0. The van der Waals surface area contributed by atoms with E-state index in [0.717, 1.165) is 31.2 Å². The third-order valence-corrected chi connectivity index (χ3v) is 4.46. The molecule has 0 radical (unpaired) electrons. The van der Waals surface area contributed by atoms with Crippen molar-refractivity contribution in [2.24, 2.45) is 11.7 Å². The molecule has 1 aromatic rings. The van der Waals surface area contributed by atoms with E-state index in [2.05, 4.69) is 12.2 Å². The second kappa shape index (κ2) is 7.05. The Labute approximate surface area is 126 Å². The molecule has 1 aliphatic rings. The quantitative estimate of drug-likeness (QED) is 0.775. The summed E-state index contributed by atoms with van der Waals surface area (Å²) in [6.45, 7) is 3.06. The fourth-order valence-corrected chi connectivity index (χ4v) is 2.93. The molecule has 21 heavy (non-hydrogen) atoms. The van der Waals surface area contributed by atoms with Gasteiger partial charge in [-0.25, -0.2) is 0 Å². The number of aliphatic hydroxyl groups is 1. The van der Waals surface area contributed by atoms with Gasteiger partial charge in [0.15, 0.2) is 0 Å². The number of benzene rings is 1. The van der Waals surface area contributed by atoms with Crippen LogP contribution in [0.15, 0.2) is 24.3 Å². The van der Waals surface area contributed by atoms with Crippen LogP contribution in [0.1, 0.15) is 48.5 Å². The molecular weight excluding hydrogens is 264 g/mol. The topological polar surface area (TPSA) is 75.3 Å². The Morgan fingerprint density at radius 1 is 1.38 bits per heavy atom. The Hall–Kier alpha value is -1.39. The normalized spacial score (nSPS) is 25.6. The molecular formula is C17H26N2O2. The fourth-order valence-electron chi connectivity index (χ4n) is 2.93. The smallest absolute Gasteiger partial charge is 0.251 e. The van der Waals surface area contributed by atoms with Crippen LogP contribution in [-0.2, 0) is 6.42 Å². The first-order valence-electron chi connectivity index (χ1n) is 7.82. The molecule has 4 N–H and O–H groups in total. The largest absolute Gasteiger partial charge is 0.388 e. The Bertz CT molecular complexity index is 479. The minimum atomic E-state index is -0.745. The summed E-state index contributed by atoms with van der Waals surface area (Å²) in [5.74, 6) is 0.553. The highest BCUT2D eigenvalue weighted by Crippen LogP contribution is 2.31. The summed E-state index contributed by atoms with van der Waals surface area (Å²) in [4.78, 5) is 12.3. The van der Waals surface area contributed by atoms with Crippen molar-refractivity contribution in [1.82, 2.24) is 5.32 Å². The minimum Gasteiger partial charge on any atom is -0.388 e. The molecule has 0 aliphatic heterocycles. The van der Waals surface area contributed by atoms with E-state index >= 15 is 0 Å². The molecule has 0 atom stereocenters. The van der Waals surface area contributed by atoms with Gasteiger partial charge in [-0.2, -0.15) is 0 Å². The van der Waals surface area contributed by atoms with Crippen LogP contribution in [-0.4, -0.2) is 29.7 Å². The average molecular weight is 290 g/mol. The second-order valence-corrected chi connectivity index (χ2v) is 6.29. The summed E-state index contributed by atoms with van der Waals surface area (Å²) in [7, 11) is 0. The summed E-state index contributed by atoms with van der Waals surface area (Å²) >= 11 is 0. The zero-order valence-electron chi connectivity index (χ0n) is 12.8. The Kier molecular flexibility index (Phi) is 5.37. The van der Waals surface area contributed by atoms with Crippen molar-refractivity contribution in [3.63, 3.8) is 0 Å². The van der Waals surface area contributed by atoms with Crippen LogP contribution in [0.4, 0.5) is 0 Å². The van der Waals surface area contributed by atoms with E-state index in [9.17, 15) is 9.90 Å². The Morgan fingerprint density at radius 2 is 2.05 bits per heavy atom. The Morgan fingerprint density at radius 3 is 2.71 bits per heavy atom. The molecule has 0 unspecified atom stereocenters. The van der Waals surface area contributed by atoms with Crippen molar-refractivity contribution in [3.8, 4) is 0 Å². The first-order valence-corrected chi connectivity index (χ1v) is 7.82. The van der Waals surface area contributed by atoms with Crippen LogP contribution in [0.25, 0.3) is 0 Å². The van der Waals surface area contributed by atoms with Crippen LogP contribution in [0.5, 0.6) is 0 Å². The average Bonchev–Trinajstić information content (AvgIpc) is 2.49. The van der Waals surface area contributed by atoms with Gasteiger partial charge in [-0.3, -0.25) is 4.79 Å². The van der Waals surface area contributed by atoms with Crippen LogP contribution in [0, 0.1) is 5.92 Å². The highest BCUT2D eigenvalue weighted by molar-refractivity contribution is 5.95. The summed E-state index contributed by atoms with van der Waals surface area (Å²) in [6, 6.07) is 7.51. The SMILES string of the molecule is CC1CCC(O)(CNC(=O)c2ccccc2CCN)CC1. The van der Waals surface area contributed by atoms with Crippen molar-refractivity contribution in [1.29, 1.82) is 0 Å². The number of rotatable bonds is 5. The molecule has 2 rings (SSSR count). The van der Waals surface area contributed by atoms with Gasteiger partial charge in [0.25, 0.3) is 5.91 Å². The van der Waals surface area contributed by atoms with Gasteiger partial charge in [-0.1, -0.05) is 25.1 Å². The molecule has 1 aromatic carbocycles. The van der Waals surface area contributed by atoms with Crippen molar-refractivity contribution >= 4 is 5.91 Å². The van der Waals surface area contributed by atoms with Gasteiger partial charge in [-0.05, 0) is 56.2 Å². The predicted molar refractivity (Wildman–Crippen MR) is 84.1 cm³/mol. The molecule has 0 bridgehead atoms. The highest BCUT2D eigenvalue weighted by atomic mass is 16.3. The van der Waals surface area contributed by atoms with E-state index < -0.39 is 5.60 Å². The Balaban J connectivity index is 1.96. The number of hydrogen-bond acceptors (Lipinski definition) is 3. The van der Waals surface area contributed by atoms with E-state index in [1.807, 2.05) is 24.3 Å². The number of nitrogens with one attached hydrogen (secondary N) is 1. The number of carbonyl (C=O) groups excluding carboxylic acids is 1. The zero-order chi connectivity index (χ0) is 15.3. The maximum absolute atomic E-state index is 12.3. The van der Waals surface area contributed by atoms with E-state index in [0.29, 0.717) is 31.0 Å². The second-order valence-electron chi connectivity index (χ2n) is 6.29. The minimum absolute atomic E-state index is 0.119. The van der Waals surface area contributed by atoms with Crippen molar-refractivity contribution in [2.75, 3.05) is 13.1 Å². The zero-order valence-corrected chi connectivity index (χ0v) is 12.8. The van der Waals surface area contributed by atoms with Gasteiger partial charge in [0.1, 0.15) is 0 Å². The molecule has 4 nitrogen and oxygen atoms in total. The van der Waals surface area contributed by atoms with Crippen LogP contribution in [0.3, 0.4) is 0 Å². The lowest BCUT2D eigenvalue weighted by atomic mass is 9.79. The van der Waals surface area contributed by atoms with Gasteiger partial charge < -0.3 is 16.2 Å². The lowest BCUT2D eigenvalue weighted by Gasteiger charge is -2.35. The highest BCUT2D eigenvalue weighted by Gasteiger charge is 2.32. The first-order chi connectivity index (χ1) is 10.0. The molecule has 1 aliphatic carbocycles. The lowest BCUT2D eigenvalue weighted by Crippen LogP contribution is -2.45. The van der Waals surface area contributed by atoms with Crippen LogP contribution >= 0.6 is 0 Å². The van der Waals surface area contributed by atoms with Gasteiger partial charge in [0, 0.05) is 12.1 Å². The van der Waals surface area contributed by atoms with Gasteiger partial charge in [0.2, 0.25) is 0 Å². The lowest BCUT2D eigenvalue weighted by molar-refractivity contribution is -0.00540. The van der Waals surface area contributed by atoms with Gasteiger partial charge in [-0.15, -0.1) is 0 Å². The number of nitrogens with two attached hydrogens (primary N) is 1. The van der Waals surface area contributed by atoms with Crippen LogP contribution < -0.4 is 11.1 Å². The molecule has 0 aromatic heterocycles. The number of hydrogen-bond donors (Lipinski definition) is 3. The van der Waals surface area contributed by atoms with Gasteiger partial charge >= 0.3 is 0 Å². The number of amides is 1. The molecule has 116 valence electrons. The summed E-state index contributed by atoms with van der Waals surface area (Å²) in [5, 5.41) is 13.4. The molecule has 0 heterocycles. The third kappa shape index (κ3) is 4.29. The van der Waals surface area contributed by atoms with E-state index in [-0.39, 0.29) is 5.91 Å². The van der Waals surface area contributed by atoms with E-state index in [1.54, 1.807) is 0 Å². The molecule has 4 heteroatoms. The van der Waals surface area contributed by atoms with E-state index in [4.69, 9.17) is 5.73 Å². The number of carbonyl (C=O) groups is 1. The molecule has 1 amide bonds.